The van der Waals surface area contributed by atoms with Crippen LogP contribution in [0.25, 0.3) is 5.76 Å². The van der Waals surface area contributed by atoms with Gasteiger partial charge in [-0.05, 0) is 36.2 Å². The highest BCUT2D eigenvalue weighted by Crippen LogP contribution is 2.40. The maximum atomic E-state index is 12.7. The summed E-state index contributed by atoms with van der Waals surface area (Å²) in [5.41, 5.74) is 1.25. The fourth-order valence-corrected chi connectivity index (χ4v) is 3.17. The molecule has 6 heteroatoms. The van der Waals surface area contributed by atoms with Crippen molar-refractivity contribution in [3.05, 3.63) is 65.5 Å². The first-order chi connectivity index (χ1) is 12.6. The molecule has 2 aromatic rings. The van der Waals surface area contributed by atoms with Crippen molar-refractivity contribution in [2.45, 2.75) is 19.4 Å². The molecule has 0 saturated carbocycles. The van der Waals surface area contributed by atoms with E-state index >= 15 is 0 Å². The summed E-state index contributed by atoms with van der Waals surface area (Å²) in [6.45, 7) is 2.35. The van der Waals surface area contributed by atoms with Crippen molar-refractivity contribution in [2.75, 3.05) is 13.7 Å². The van der Waals surface area contributed by atoms with Crippen LogP contribution in [0.3, 0.4) is 0 Å². The molecule has 3 rings (SSSR count). The topological polar surface area (TPSA) is 79.7 Å². The van der Waals surface area contributed by atoms with Crippen LogP contribution < -0.4 is 4.74 Å². The van der Waals surface area contributed by atoms with E-state index in [0.717, 1.165) is 0 Å². The van der Waals surface area contributed by atoms with Crippen molar-refractivity contribution in [1.29, 1.82) is 0 Å². The first-order valence-corrected chi connectivity index (χ1v) is 8.41. The largest absolute Gasteiger partial charge is 0.507 e. The summed E-state index contributed by atoms with van der Waals surface area (Å²) in [4.78, 5) is 30.7. The van der Waals surface area contributed by atoms with Crippen LogP contribution in [0.2, 0.25) is 0 Å². The number of Topliss-reactive ketones (excluding diaryl/α,β-unsaturated/α-hetero) is 1. The van der Waals surface area contributed by atoms with Gasteiger partial charge in [0.15, 0.2) is 0 Å². The number of benzene rings is 1. The van der Waals surface area contributed by atoms with Gasteiger partial charge in [0, 0.05) is 24.5 Å². The van der Waals surface area contributed by atoms with Crippen molar-refractivity contribution >= 4 is 17.4 Å². The molecule has 1 saturated heterocycles. The van der Waals surface area contributed by atoms with Crippen LogP contribution in [0.4, 0.5) is 0 Å². The Morgan fingerprint density at radius 3 is 2.62 bits per heavy atom. The van der Waals surface area contributed by atoms with Gasteiger partial charge in [-0.15, -0.1) is 0 Å². The summed E-state index contributed by atoms with van der Waals surface area (Å²) < 4.78 is 5.27. The molecule has 134 valence electrons. The normalized spacial score (nSPS) is 19.0. The molecular weight excluding hydrogens is 332 g/mol. The number of likely N-dealkylation sites (tertiary alicyclic amines) is 1. The van der Waals surface area contributed by atoms with Gasteiger partial charge in [-0.25, -0.2) is 0 Å². The molecule has 1 N–H and O–H groups in total. The lowest BCUT2D eigenvalue weighted by Crippen LogP contribution is -2.30. The zero-order valence-corrected chi connectivity index (χ0v) is 14.7. The van der Waals surface area contributed by atoms with E-state index in [0.29, 0.717) is 29.8 Å². The predicted molar refractivity (Wildman–Crippen MR) is 96.5 cm³/mol. The number of ether oxygens (including phenoxy) is 1. The number of aliphatic hydroxyl groups is 1. The van der Waals surface area contributed by atoms with E-state index in [2.05, 4.69) is 4.98 Å². The summed E-state index contributed by atoms with van der Waals surface area (Å²) in [7, 11) is 1.55. The third-order valence-electron chi connectivity index (χ3n) is 4.37. The number of aromatic nitrogens is 1. The van der Waals surface area contributed by atoms with Gasteiger partial charge in [-0.2, -0.15) is 0 Å². The van der Waals surface area contributed by atoms with Crippen LogP contribution in [0.15, 0.2) is 54.4 Å². The van der Waals surface area contributed by atoms with Crippen LogP contribution in [0, 0.1) is 0 Å². The molecule has 1 aromatic heterocycles. The molecule has 1 aliphatic rings. The number of hydrogen-bond acceptors (Lipinski definition) is 5. The Kier molecular flexibility index (Phi) is 5.02. The fourth-order valence-electron chi connectivity index (χ4n) is 3.17. The van der Waals surface area contributed by atoms with Gasteiger partial charge in [0.25, 0.3) is 11.7 Å². The highest BCUT2D eigenvalue weighted by atomic mass is 16.5. The van der Waals surface area contributed by atoms with E-state index in [4.69, 9.17) is 4.74 Å². The maximum absolute atomic E-state index is 12.7. The minimum absolute atomic E-state index is 0.0860. The Hall–Kier alpha value is -3.15. The van der Waals surface area contributed by atoms with E-state index < -0.39 is 17.7 Å². The molecule has 0 radical (unpaired) electrons. The van der Waals surface area contributed by atoms with E-state index in [1.807, 2.05) is 13.0 Å². The van der Waals surface area contributed by atoms with Crippen molar-refractivity contribution in [2.24, 2.45) is 0 Å². The van der Waals surface area contributed by atoms with Crippen molar-refractivity contribution in [3.63, 3.8) is 0 Å². The second kappa shape index (κ2) is 7.39. The molecule has 6 nitrogen and oxygen atoms in total. The zero-order valence-electron chi connectivity index (χ0n) is 14.7. The molecule has 26 heavy (non-hydrogen) atoms. The van der Waals surface area contributed by atoms with Crippen LogP contribution >= 0.6 is 0 Å². The lowest BCUT2D eigenvalue weighted by molar-refractivity contribution is -0.139. The molecule has 1 fully saturated rings. The third kappa shape index (κ3) is 3.06. The maximum Gasteiger partial charge on any atom is 0.295 e. The molecule has 1 unspecified atom stereocenters. The smallest absolute Gasteiger partial charge is 0.295 e. The summed E-state index contributed by atoms with van der Waals surface area (Å²) >= 11 is 0. The Balaban J connectivity index is 2.19. The first-order valence-electron chi connectivity index (χ1n) is 8.41. The number of nitrogens with zero attached hydrogens (tertiary/aromatic N) is 2. The number of amides is 1. The second-order valence-electron chi connectivity index (χ2n) is 6.00. The predicted octanol–water partition coefficient (Wildman–Crippen LogP) is 2.92. The quantitative estimate of drug-likeness (QED) is 0.508. The van der Waals surface area contributed by atoms with Gasteiger partial charge < -0.3 is 14.7 Å². The van der Waals surface area contributed by atoms with Gasteiger partial charge in [0.2, 0.25) is 0 Å². The number of pyridine rings is 1. The molecule has 0 bridgehead atoms. The molecular formula is C20H20N2O4. The fraction of sp³-hybridized carbons (Fsp3) is 0.250. The summed E-state index contributed by atoms with van der Waals surface area (Å²) in [6.07, 6.45) is 3.75. The molecule has 1 aliphatic heterocycles. The average Bonchev–Trinajstić information content (AvgIpc) is 2.93. The Bertz CT molecular complexity index is 861. The first kappa shape index (κ1) is 17.7. The number of hydrogen-bond donors (Lipinski definition) is 1. The highest BCUT2D eigenvalue weighted by Gasteiger charge is 2.45. The molecule has 1 atom stereocenters. The number of aliphatic hydroxyl groups excluding tert-OH is 1. The molecule has 1 aromatic carbocycles. The van der Waals surface area contributed by atoms with E-state index in [-0.39, 0.29) is 11.3 Å². The number of carbonyl (C=O) groups excluding carboxylic acids is 2. The molecule has 0 aliphatic carbocycles. The van der Waals surface area contributed by atoms with E-state index in [1.165, 1.54) is 17.3 Å². The van der Waals surface area contributed by atoms with Crippen molar-refractivity contribution < 1.29 is 19.4 Å². The van der Waals surface area contributed by atoms with Gasteiger partial charge in [0.05, 0.1) is 18.7 Å². The number of rotatable bonds is 5. The Morgan fingerprint density at radius 1 is 1.23 bits per heavy atom. The van der Waals surface area contributed by atoms with Crippen LogP contribution in [0.1, 0.15) is 30.5 Å². The lowest BCUT2D eigenvalue weighted by Gasteiger charge is -2.25. The van der Waals surface area contributed by atoms with Gasteiger partial charge in [-0.3, -0.25) is 14.6 Å². The Morgan fingerprint density at radius 2 is 1.96 bits per heavy atom. The van der Waals surface area contributed by atoms with Crippen molar-refractivity contribution in [3.8, 4) is 5.75 Å². The standard InChI is InChI=1S/C20H20N2O4/c1-3-11-22-17(14-5-4-6-15(12-14)26-2)16(19(24)20(22)25)18(23)13-7-9-21-10-8-13/h4-10,12,17,23H,3,11H2,1-2H3/b18-16-. The molecule has 1 amide bonds. The molecule has 2 heterocycles. The van der Waals surface area contributed by atoms with Crippen LogP contribution in [-0.4, -0.2) is 40.3 Å². The minimum Gasteiger partial charge on any atom is -0.507 e. The van der Waals surface area contributed by atoms with Crippen LogP contribution in [-0.2, 0) is 9.59 Å². The molecule has 0 spiro atoms. The van der Waals surface area contributed by atoms with Gasteiger partial charge in [-0.1, -0.05) is 19.1 Å². The monoisotopic (exact) mass is 352 g/mol. The van der Waals surface area contributed by atoms with Gasteiger partial charge >= 0.3 is 0 Å². The number of methoxy groups -OCH3 is 1. The van der Waals surface area contributed by atoms with E-state index in [9.17, 15) is 14.7 Å². The van der Waals surface area contributed by atoms with Crippen LogP contribution in [0.5, 0.6) is 5.75 Å². The SMILES string of the molecule is CCCN1C(=O)C(=O)/C(=C(\O)c2ccncc2)C1c1cccc(OC)c1. The lowest BCUT2D eigenvalue weighted by atomic mass is 9.95. The zero-order chi connectivity index (χ0) is 18.7. The van der Waals surface area contributed by atoms with E-state index in [1.54, 1.807) is 37.4 Å². The number of carbonyl (C=O) groups is 2. The minimum atomic E-state index is -0.680. The average molecular weight is 352 g/mol. The third-order valence-corrected chi connectivity index (χ3v) is 4.37. The number of ketones is 1. The van der Waals surface area contributed by atoms with Gasteiger partial charge in [0.1, 0.15) is 11.5 Å². The Labute approximate surface area is 151 Å². The highest BCUT2D eigenvalue weighted by molar-refractivity contribution is 6.46. The second-order valence-corrected chi connectivity index (χ2v) is 6.00. The van der Waals surface area contributed by atoms with Crippen molar-refractivity contribution in [1.82, 2.24) is 9.88 Å². The summed E-state index contributed by atoms with van der Waals surface area (Å²) in [5, 5.41) is 10.8. The summed E-state index contributed by atoms with van der Waals surface area (Å²) in [6, 6.07) is 9.74. The summed E-state index contributed by atoms with van der Waals surface area (Å²) in [5.74, 6) is -0.860.